The number of hydrogen-bond donors (Lipinski definition) is 1. The van der Waals surface area contributed by atoms with Gasteiger partial charge in [0, 0.05) is 19.3 Å². The van der Waals surface area contributed by atoms with Crippen molar-refractivity contribution >= 4 is 11.8 Å². The van der Waals surface area contributed by atoms with Gasteiger partial charge in [-0.2, -0.15) is 0 Å². The van der Waals surface area contributed by atoms with Crippen LogP contribution < -0.4 is 15.2 Å². The highest BCUT2D eigenvalue weighted by Gasteiger charge is 2.25. The van der Waals surface area contributed by atoms with Crippen LogP contribution >= 0.6 is 0 Å². The second-order valence-electron chi connectivity index (χ2n) is 8.19. The molecule has 174 valence electrons. The van der Waals surface area contributed by atoms with Crippen molar-refractivity contribution in [2.45, 2.75) is 19.8 Å². The number of ether oxygens (including phenoxy) is 2. The number of hydrogen-bond acceptors (Lipinski definition) is 5. The van der Waals surface area contributed by atoms with Gasteiger partial charge in [-0.05, 0) is 79.8 Å². The summed E-state index contributed by atoms with van der Waals surface area (Å²) in [6.45, 7) is 3.25. The van der Waals surface area contributed by atoms with Crippen molar-refractivity contribution in [3.8, 4) is 23.1 Å². The molecule has 3 aromatic rings. The fourth-order valence-corrected chi connectivity index (χ4v) is 3.96. The molecular formula is C27H27N3O4. The molecule has 1 atom stereocenters. The first-order valence-electron chi connectivity index (χ1n) is 11.2. The average Bonchev–Trinajstić information content (AvgIpc) is 3.31. The van der Waals surface area contributed by atoms with Crippen LogP contribution in [0.4, 0.5) is 0 Å². The lowest BCUT2D eigenvalue weighted by molar-refractivity contribution is -0.125. The first kappa shape index (κ1) is 23.0. The van der Waals surface area contributed by atoms with Gasteiger partial charge in [0.1, 0.15) is 22.8 Å². The summed E-state index contributed by atoms with van der Waals surface area (Å²) in [7, 11) is 0. The summed E-state index contributed by atoms with van der Waals surface area (Å²) in [5.41, 5.74) is 6.72. The Morgan fingerprint density at radius 2 is 1.74 bits per heavy atom. The van der Waals surface area contributed by atoms with Crippen LogP contribution in [0.5, 0.6) is 23.1 Å². The quantitative estimate of drug-likeness (QED) is 0.494. The third-order valence-corrected chi connectivity index (χ3v) is 5.62. The molecule has 1 fully saturated rings. The van der Waals surface area contributed by atoms with Crippen LogP contribution in [0.15, 0.2) is 79.0 Å². The van der Waals surface area contributed by atoms with Gasteiger partial charge in [-0.1, -0.05) is 24.3 Å². The van der Waals surface area contributed by atoms with E-state index in [4.69, 9.17) is 15.2 Å². The fraction of sp³-hybridized carbons (Fsp3) is 0.222. The molecular weight excluding hydrogens is 430 g/mol. The third-order valence-electron chi connectivity index (χ3n) is 5.62. The molecule has 2 heterocycles. The molecule has 4 rings (SSSR count). The number of rotatable bonds is 8. The zero-order valence-corrected chi connectivity index (χ0v) is 19.0. The second kappa shape index (κ2) is 10.7. The summed E-state index contributed by atoms with van der Waals surface area (Å²) in [6, 6.07) is 18.3. The number of para-hydroxylation sites is 1. The van der Waals surface area contributed by atoms with E-state index in [0.717, 1.165) is 24.3 Å². The molecule has 7 heteroatoms. The number of pyridine rings is 1. The highest BCUT2D eigenvalue weighted by molar-refractivity contribution is 5.95. The molecule has 7 nitrogen and oxygen atoms in total. The minimum Gasteiger partial charge on any atom is -0.457 e. The van der Waals surface area contributed by atoms with Crippen LogP contribution in [-0.4, -0.2) is 34.8 Å². The van der Waals surface area contributed by atoms with E-state index in [1.54, 1.807) is 48.7 Å². The number of carbonyl (C=O) groups is 2. The minimum atomic E-state index is -0.607. The van der Waals surface area contributed by atoms with E-state index < -0.39 is 5.91 Å². The largest absolute Gasteiger partial charge is 0.457 e. The van der Waals surface area contributed by atoms with Gasteiger partial charge >= 0.3 is 0 Å². The molecule has 2 amide bonds. The summed E-state index contributed by atoms with van der Waals surface area (Å²) in [5, 5.41) is 0. The first-order chi connectivity index (χ1) is 16.5. The van der Waals surface area contributed by atoms with E-state index in [-0.39, 0.29) is 17.4 Å². The van der Waals surface area contributed by atoms with Crippen molar-refractivity contribution in [2.75, 3.05) is 13.1 Å². The normalized spacial score (nSPS) is 15.4. The number of carbonyl (C=O) groups excluding carboxylic acids is 2. The number of nitrogens with two attached hydrogens (primary N) is 1. The zero-order valence-electron chi connectivity index (χ0n) is 19.0. The highest BCUT2D eigenvalue weighted by atomic mass is 16.5. The van der Waals surface area contributed by atoms with Crippen molar-refractivity contribution < 1.29 is 19.1 Å². The molecule has 1 unspecified atom stereocenters. The predicted octanol–water partition coefficient (Wildman–Crippen LogP) is 4.73. The summed E-state index contributed by atoms with van der Waals surface area (Å²) in [5.74, 6) is 1.80. The van der Waals surface area contributed by atoms with Gasteiger partial charge in [0.25, 0.3) is 5.91 Å². The molecule has 2 N–H and O–H groups in total. The van der Waals surface area contributed by atoms with Crippen molar-refractivity contribution in [2.24, 2.45) is 11.7 Å². The van der Waals surface area contributed by atoms with Crippen molar-refractivity contribution in [1.82, 2.24) is 9.88 Å². The molecule has 0 bridgehead atoms. The smallest absolute Gasteiger partial charge is 0.254 e. The van der Waals surface area contributed by atoms with Crippen LogP contribution in [0, 0.1) is 5.92 Å². The Labute approximate surface area is 198 Å². The van der Waals surface area contributed by atoms with Gasteiger partial charge in [0.05, 0.1) is 0 Å². The first-order valence-corrected chi connectivity index (χ1v) is 11.2. The summed E-state index contributed by atoms with van der Waals surface area (Å²) >= 11 is 0. The van der Waals surface area contributed by atoms with E-state index in [1.807, 2.05) is 42.2 Å². The molecule has 0 spiro atoms. The van der Waals surface area contributed by atoms with Gasteiger partial charge in [0.2, 0.25) is 11.8 Å². The summed E-state index contributed by atoms with van der Waals surface area (Å²) < 4.78 is 11.6. The van der Waals surface area contributed by atoms with Crippen LogP contribution in [0.25, 0.3) is 0 Å². The molecule has 0 saturated carbocycles. The number of nitrogens with zero attached hydrogens (tertiary/aromatic N) is 2. The lowest BCUT2D eigenvalue weighted by Crippen LogP contribution is -2.27. The standard InChI is InChI=1S/C27H27N3O4/c1-2-6-25(31)30-14-13-19(18-30)15-20-16-24(26(28)32)27(29-17-20)34-23-11-9-22(10-12-23)33-21-7-4-3-5-8-21/h2-12,16-17,19H,13-15,18H2,1H3,(H2,28,32)/b6-2+. The van der Waals surface area contributed by atoms with Crippen LogP contribution in [0.1, 0.15) is 29.3 Å². The van der Waals surface area contributed by atoms with E-state index in [0.29, 0.717) is 30.4 Å². The maximum Gasteiger partial charge on any atom is 0.254 e. The molecule has 2 aromatic carbocycles. The summed E-state index contributed by atoms with van der Waals surface area (Å²) in [6.07, 6.45) is 6.65. The number of likely N-dealkylation sites (tertiary alicyclic amines) is 1. The lowest BCUT2D eigenvalue weighted by Gasteiger charge is -2.15. The van der Waals surface area contributed by atoms with E-state index in [1.165, 1.54) is 0 Å². The SMILES string of the molecule is C/C=C/C(=O)N1CCC(Cc2cnc(Oc3ccc(Oc4ccccc4)cc3)c(C(N)=O)c2)C1. The van der Waals surface area contributed by atoms with Gasteiger partial charge in [-0.15, -0.1) is 0 Å². The number of allylic oxidation sites excluding steroid dienone is 1. The average molecular weight is 458 g/mol. The van der Waals surface area contributed by atoms with Gasteiger partial charge in [-0.25, -0.2) is 4.98 Å². The molecule has 1 aliphatic rings. The fourth-order valence-electron chi connectivity index (χ4n) is 3.96. The number of aromatic nitrogens is 1. The van der Waals surface area contributed by atoms with Crippen molar-refractivity contribution in [3.05, 3.63) is 90.1 Å². The van der Waals surface area contributed by atoms with Crippen LogP contribution in [0.2, 0.25) is 0 Å². The monoisotopic (exact) mass is 457 g/mol. The van der Waals surface area contributed by atoms with E-state index in [2.05, 4.69) is 4.98 Å². The Morgan fingerprint density at radius 3 is 2.41 bits per heavy atom. The second-order valence-corrected chi connectivity index (χ2v) is 8.19. The Bertz CT molecular complexity index is 1180. The molecule has 0 radical (unpaired) electrons. The van der Waals surface area contributed by atoms with Gasteiger partial charge < -0.3 is 20.1 Å². The number of primary amides is 1. The molecule has 1 saturated heterocycles. The zero-order chi connectivity index (χ0) is 23.9. The number of benzene rings is 2. The van der Waals surface area contributed by atoms with Gasteiger partial charge in [0.15, 0.2) is 0 Å². The van der Waals surface area contributed by atoms with Crippen molar-refractivity contribution in [3.63, 3.8) is 0 Å². The molecule has 1 aliphatic heterocycles. The van der Waals surface area contributed by atoms with Gasteiger partial charge in [-0.3, -0.25) is 9.59 Å². The van der Waals surface area contributed by atoms with E-state index in [9.17, 15) is 9.59 Å². The Morgan fingerprint density at radius 1 is 1.06 bits per heavy atom. The Hall–Kier alpha value is -4.13. The maximum absolute atomic E-state index is 12.1. The lowest BCUT2D eigenvalue weighted by atomic mass is 9.99. The Kier molecular flexibility index (Phi) is 7.22. The number of amides is 2. The maximum atomic E-state index is 12.1. The van der Waals surface area contributed by atoms with Crippen LogP contribution in [-0.2, 0) is 11.2 Å². The van der Waals surface area contributed by atoms with E-state index >= 15 is 0 Å². The predicted molar refractivity (Wildman–Crippen MR) is 129 cm³/mol. The molecule has 0 aliphatic carbocycles. The van der Waals surface area contributed by atoms with Crippen LogP contribution in [0.3, 0.4) is 0 Å². The van der Waals surface area contributed by atoms with Crippen molar-refractivity contribution in [1.29, 1.82) is 0 Å². The Balaban J connectivity index is 1.42. The summed E-state index contributed by atoms with van der Waals surface area (Å²) in [4.78, 5) is 30.4. The molecule has 34 heavy (non-hydrogen) atoms. The highest BCUT2D eigenvalue weighted by Crippen LogP contribution is 2.29. The molecule has 1 aromatic heterocycles. The third kappa shape index (κ3) is 5.81. The topological polar surface area (TPSA) is 94.8 Å². The minimum absolute atomic E-state index is 0.0323.